The van der Waals surface area contributed by atoms with Crippen LogP contribution in [0.2, 0.25) is 5.02 Å². The summed E-state index contributed by atoms with van der Waals surface area (Å²) in [5.74, 6) is -0.419. The predicted octanol–water partition coefficient (Wildman–Crippen LogP) is 2.67. The van der Waals surface area contributed by atoms with Gasteiger partial charge in [-0.3, -0.25) is 4.79 Å². The highest BCUT2D eigenvalue weighted by Gasteiger charge is 2.21. The van der Waals surface area contributed by atoms with Crippen LogP contribution in [0.4, 0.5) is 23.6 Å². The molecular formula is C14H13ClF4N4O3. The molecule has 0 aliphatic carbocycles. The molecule has 1 aliphatic heterocycles. The van der Waals surface area contributed by atoms with Crippen LogP contribution in [0.3, 0.4) is 0 Å². The van der Waals surface area contributed by atoms with Gasteiger partial charge in [-0.25, -0.2) is 4.39 Å². The van der Waals surface area contributed by atoms with Crippen LogP contribution >= 0.6 is 11.6 Å². The van der Waals surface area contributed by atoms with E-state index in [-0.39, 0.29) is 29.4 Å². The number of carbonyl (C=O) groups is 1. The summed E-state index contributed by atoms with van der Waals surface area (Å²) in [6, 6.07) is 4.32. The van der Waals surface area contributed by atoms with Crippen LogP contribution in [0.5, 0.6) is 0 Å². The summed E-state index contributed by atoms with van der Waals surface area (Å²) in [6.45, 7) is 1.68. The van der Waals surface area contributed by atoms with E-state index in [2.05, 4.69) is 15.5 Å². The summed E-state index contributed by atoms with van der Waals surface area (Å²) >= 11 is 5.61. The highest BCUT2D eigenvalue weighted by atomic mass is 35.5. The van der Waals surface area contributed by atoms with Crippen LogP contribution < -0.4 is 5.32 Å². The number of likely N-dealkylation sites (tertiary alicyclic amines) is 1. The second-order valence-electron chi connectivity index (χ2n) is 5.10. The third-order valence-electron chi connectivity index (χ3n) is 3.19. The third kappa shape index (κ3) is 6.15. The summed E-state index contributed by atoms with van der Waals surface area (Å²) in [5.41, 5.74) is 0.423. The Bertz CT molecular complexity index is 759. The largest absolute Gasteiger partial charge is 0.519 e. The maximum Gasteiger partial charge on any atom is 0.519 e. The zero-order valence-electron chi connectivity index (χ0n) is 13.1. The lowest BCUT2D eigenvalue weighted by atomic mass is 10.2. The van der Waals surface area contributed by atoms with Gasteiger partial charge in [-0.05, 0) is 24.6 Å². The minimum absolute atomic E-state index is 0.0152. The molecule has 2 heterocycles. The van der Waals surface area contributed by atoms with Gasteiger partial charge in [0.1, 0.15) is 5.82 Å². The number of hydrogen-bond donors (Lipinski definition) is 2. The van der Waals surface area contributed by atoms with Crippen molar-refractivity contribution >= 4 is 23.5 Å². The Labute approximate surface area is 149 Å². The molecule has 26 heavy (non-hydrogen) atoms. The lowest BCUT2D eigenvalue weighted by molar-refractivity contribution is -0.295. The molecule has 0 spiro atoms. The summed E-state index contributed by atoms with van der Waals surface area (Å²) in [4.78, 5) is 13.4. The maximum absolute atomic E-state index is 13.4. The van der Waals surface area contributed by atoms with Crippen molar-refractivity contribution in [3.63, 3.8) is 0 Å². The fourth-order valence-electron chi connectivity index (χ4n) is 1.87. The molecule has 1 aromatic carbocycles. The number of rotatable bonds is 4. The fourth-order valence-corrected chi connectivity index (χ4v) is 1.99. The molecule has 142 valence electrons. The lowest BCUT2D eigenvalue weighted by Crippen LogP contribution is -2.44. The third-order valence-corrected chi connectivity index (χ3v) is 3.50. The highest BCUT2D eigenvalue weighted by Crippen LogP contribution is 2.24. The molecule has 0 radical (unpaired) electrons. The summed E-state index contributed by atoms with van der Waals surface area (Å²) in [6.07, 6.45) is -3.96. The Hall–Kier alpha value is -2.40. The molecule has 0 saturated carbocycles. The van der Waals surface area contributed by atoms with Crippen molar-refractivity contribution in [3.05, 3.63) is 29.0 Å². The van der Waals surface area contributed by atoms with E-state index in [0.717, 1.165) is 19.5 Å². The van der Waals surface area contributed by atoms with E-state index in [4.69, 9.17) is 21.1 Å². The number of nitrogens with one attached hydrogen (secondary N) is 1. The Morgan fingerprint density at radius 2 is 2.00 bits per heavy atom. The first-order chi connectivity index (χ1) is 12.1. The smallest absolute Gasteiger partial charge is 0.403 e. The molecule has 0 atom stereocenters. The van der Waals surface area contributed by atoms with Crippen LogP contribution in [-0.2, 0) is 4.79 Å². The van der Waals surface area contributed by atoms with Gasteiger partial charge in [0, 0.05) is 18.7 Å². The van der Waals surface area contributed by atoms with Gasteiger partial charge < -0.3 is 19.7 Å². The molecule has 2 N–H and O–H groups in total. The first kappa shape index (κ1) is 19.9. The summed E-state index contributed by atoms with van der Waals surface area (Å²) in [5, 5.41) is 16.9. The van der Waals surface area contributed by atoms with Crippen LogP contribution in [-0.4, -0.2) is 52.1 Å². The van der Waals surface area contributed by atoms with Crippen molar-refractivity contribution in [1.29, 1.82) is 0 Å². The van der Waals surface area contributed by atoms with Crippen molar-refractivity contribution in [2.75, 3.05) is 25.0 Å². The van der Waals surface area contributed by atoms with Crippen LogP contribution in [0.15, 0.2) is 22.6 Å². The van der Waals surface area contributed by atoms with Crippen molar-refractivity contribution in [2.45, 2.75) is 12.8 Å². The molecule has 12 heteroatoms. The standard InChI is InChI=1S/C13H12ClFN4O2.CHF3O/c14-9-3-2-8(6-10(9)15)12-17-18-13(21-12)16-7-11(20)19-4-1-5-19;2-1(3,4)5/h2-3,6H,1,4-5,7H2,(H,16,18);5H. The molecule has 7 nitrogen and oxygen atoms in total. The van der Waals surface area contributed by atoms with Crippen LogP contribution in [0, 0.1) is 5.82 Å². The number of aliphatic hydroxyl groups is 1. The van der Waals surface area contributed by atoms with Crippen LogP contribution in [0.1, 0.15) is 6.42 Å². The molecule has 1 aliphatic rings. The Balaban J connectivity index is 0.000000431. The number of amides is 1. The van der Waals surface area contributed by atoms with Gasteiger partial charge in [-0.2, -0.15) is 0 Å². The molecule has 1 fully saturated rings. The average molecular weight is 397 g/mol. The van der Waals surface area contributed by atoms with Gasteiger partial charge in [0.05, 0.1) is 11.6 Å². The molecule has 1 amide bonds. The Morgan fingerprint density at radius 3 is 2.54 bits per heavy atom. The van der Waals surface area contributed by atoms with E-state index in [1.54, 1.807) is 11.0 Å². The van der Waals surface area contributed by atoms with E-state index in [0.29, 0.717) is 5.56 Å². The van der Waals surface area contributed by atoms with Crippen molar-refractivity contribution in [3.8, 4) is 11.5 Å². The topological polar surface area (TPSA) is 91.5 Å². The number of nitrogens with zero attached hydrogens (tertiary/aromatic N) is 3. The maximum atomic E-state index is 13.4. The Kier molecular flexibility index (Phi) is 6.37. The number of halogens is 5. The monoisotopic (exact) mass is 396 g/mol. The highest BCUT2D eigenvalue weighted by molar-refractivity contribution is 6.30. The van der Waals surface area contributed by atoms with E-state index < -0.39 is 12.2 Å². The predicted molar refractivity (Wildman–Crippen MR) is 82.7 cm³/mol. The number of benzene rings is 1. The van der Waals surface area contributed by atoms with Gasteiger partial charge in [-0.1, -0.05) is 16.7 Å². The van der Waals surface area contributed by atoms with Gasteiger partial charge in [0.2, 0.25) is 11.8 Å². The second kappa shape index (κ2) is 8.32. The van der Waals surface area contributed by atoms with E-state index in [1.807, 2.05) is 0 Å². The van der Waals surface area contributed by atoms with Crippen molar-refractivity contribution in [2.24, 2.45) is 0 Å². The van der Waals surface area contributed by atoms with Crippen molar-refractivity contribution in [1.82, 2.24) is 15.1 Å². The van der Waals surface area contributed by atoms with Gasteiger partial charge in [0.15, 0.2) is 0 Å². The minimum atomic E-state index is -5.00. The molecule has 1 saturated heterocycles. The van der Waals surface area contributed by atoms with Crippen molar-refractivity contribution < 1.29 is 31.9 Å². The molecule has 0 bridgehead atoms. The lowest BCUT2D eigenvalue weighted by Gasteiger charge is -2.30. The summed E-state index contributed by atoms with van der Waals surface area (Å²) in [7, 11) is 0. The molecule has 3 rings (SSSR count). The van der Waals surface area contributed by atoms with Gasteiger partial charge >= 0.3 is 12.4 Å². The van der Waals surface area contributed by atoms with Crippen LogP contribution in [0.25, 0.3) is 11.5 Å². The first-order valence-corrected chi connectivity index (χ1v) is 7.61. The van der Waals surface area contributed by atoms with E-state index >= 15 is 0 Å². The SMILES string of the molecule is O=C(CNc1nnc(-c2ccc(Cl)c(F)c2)o1)N1CCC1.OC(F)(F)F. The van der Waals surface area contributed by atoms with Gasteiger partial charge in [0.25, 0.3) is 0 Å². The number of alkyl halides is 3. The second-order valence-corrected chi connectivity index (χ2v) is 5.50. The molecule has 1 aromatic heterocycles. The molecule has 0 unspecified atom stereocenters. The van der Waals surface area contributed by atoms with E-state index in [1.165, 1.54) is 12.1 Å². The quantitative estimate of drug-likeness (QED) is 0.772. The Morgan fingerprint density at radius 1 is 1.35 bits per heavy atom. The summed E-state index contributed by atoms with van der Waals surface area (Å²) < 4.78 is 48.4. The zero-order valence-corrected chi connectivity index (χ0v) is 13.8. The molecule has 2 aromatic rings. The van der Waals surface area contributed by atoms with Gasteiger partial charge in [-0.15, -0.1) is 18.3 Å². The number of hydrogen-bond acceptors (Lipinski definition) is 6. The minimum Gasteiger partial charge on any atom is -0.403 e. The number of aromatic nitrogens is 2. The molecular weight excluding hydrogens is 384 g/mol. The number of carbonyl (C=O) groups excluding carboxylic acids is 1. The number of anilines is 1. The zero-order chi connectivity index (χ0) is 19.3. The van der Waals surface area contributed by atoms with E-state index in [9.17, 15) is 22.4 Å². The normalized spacial score (nSPS) is 13.5. The first-order valence-electron chi connectivity index (χ1n) is 7.23. The average Bonchev–Trinajstić information content (AvgIpc) is 2.93. The fraction of sp³-hybridized carbons (Fsp3) is 0.357.